The van der Waals surface area contributed by atoms with E-state index >= 15 is 0 Å². The van der Waals surface area contributed by atoms with Gasteiger partial charge in [0.25, 0.3) is 5.91 Å². The molecule has 0 aliphatic rings. The smallest absolute Gasteiger partial charge is 0.382 e. The fraction of sp³-hybridized carbons (Fsp3) is 0.667. The maximum Gasteiger partial charge on any atom is 0.391 e. The van der Waals surface area contributed by atoms with Crippen LogP contribution in [0.5, 0.6) is 0 Å². The molecule has 1 heterocycles. The standard InChI is InChI=1S/C12H19F3N4OS/c1-6(2)5-17-11-19-9(16)8(21-11)10(20)18-7(3)4-12(13,14)15/h6-7H,4-5,16H2,1-3H3,(H,17,19)(H,18,20). The molecule has 1 rings (SSSR count). The van der Waals surface area contributed by atoms with Gasteiger partial charge in [-0.15, -0.1) is 0 Å². The van der Waals surface area contributed by atoms with Crippen LogP contribution in [0, 0.1) is 5.92 Å². The van der Waals surface area contributed by atoms with Crippen molar-refractivity contribution >= 4 is 28.2 Å². The van der Waals surface area contributed by atoms with Gasteiger partial charge >= 0.3 is 6.18 Å². The number of carbonyl (C=O) groups is 1. The van der Waals surface area contributed by atoms with Crippen LogP contribution in [0.25, 0.3) is 0 Å². The Bertz CT molecular complexity index is 487. The lowest BCUT2D eigenvalue weighted by atomic mass is 10.2. The summed E-state index contributed by atoms with van der Waals surface area (Å²) < 4.78 is 36.7. The molecule has 0 bridgehead atoms. The van der Waals surface area contributed by atoms with E-state index in [0.29, 0.717) is 17.6 Å². The van der Waals surface area contributed by atoms with E-state index in [2.05, 4.69) is 15.6 Å². The fourth-order valence-corrected chi connectivity index (χ4v) is 2.34. The topological polar surface area (TPSA) is 80.0 Å². The third-order valence-corrected chi connectivity index (χ3v) is 3.46. The van der Waals surface area contributed by atoms with Crippen molar-refractivity contribution in [2.24, 2.45) is 5.92 Å². The first-order chi connectivity index (χ1) is 9.58. The van der Waals surface area contributed by atoms with E-state index in [9.17, 15) is 18.0 Å². The van der Waals surface area contributed by atoms with Crippen LogP contribution in [0.4, 0.5) is 24.1 Å². The zero-order valence-corrected chi connectivity index (χ0v) is 12.9. The number of aromatic nitrogens is 1. The lowest BCUT2D eigenvalue weighted by Gasteiger charge is -2.15. The van der Waals surface area contributed by atoms with Crippen molar-refractivity contribution in [3.8, 4) is 0 Å². The maximum atomic E-state index is 12.2. The summed E-state index contributed by atoms with van der Waals surface area (Å²) in [5.41, 5.74) is 5.63. The molecule has 1 atom stereocenters. The van der Waals surface area contributed by atoms with E-state index in [4.69, 9.17) is 5.73 Å². The minimum absolute atomic E-state index is 0.0166. The van der Waals surface area contributed by atoms with E-state index in [1.807, 2.05) is 13.8 Å². The van der Waals surface area contributed by atoms with Gasteiger partial charge in [-0.05, 0) is 12.8 Å². The van der Waals surface area contributed by atoms with Crippen LogP contribution in [-0.2, 0) is 0 Å². The minimum Gasteiger partial charge on any atom is -0.382 e. The van der Waals surface area contributed by atoms with Gasteiger partial charge in [0, 0.05) is 12.6 Å². The zero-order chi connectivity index (χ0) is 16.2. The number of nitrogens with one attached hydrogen (secondary N) is 2. The van der Waals surface area contributed by atoms with Gasteiger partial charge in [0.15, 0.2) is 5.13 Å². The second-order valence-electron chi connectivity index (χ2n) is 5.20. The highest BCUT2D eigenvalue weighted by Gasteiger charge is 2.31. The number of halogens is 3. The molecule has 1 aromatic heterocycles. The number of rotatable bonds is 6. The Balaban J connectivity index is 2.66. The summed E-state index contributed by atoms with van der Waals surface area (Å²) in [7, 11) is 0. The molecule has 1 aromatic rings. The molecular formula is C12H19F3N4OS. The number of hydrogen-bond donors (Lipinski definition) is 3. The Kier molecular flexibility index (Phi) is 5.82. The van der Waals surface area contributed by atoms with Crippen LogP contribution in [0.2, 0.25) is 0 Å². The Hall–Kier alpha value is -1.51. The molecule has 0 aliphatic carbocycles. The molecule has 21 heavy (non-hydrogen) atoms. The number of thiazole rings is 1. The van der Waals surface area contributed by atoms with Crippen molar-refractivity contribution in [3.05, 3.63) is 4.88 Å². The Morgan fingerprint density at radius 3 is 2.52 bits per heavy atom. The highest BCUT2D eigenvalue weighted by molar-refractivity contribution is 7.18. The lowest BCUT2D eigenvalue weighted by Crippen LogP contribution is -2.35. The number of amides is 1. The molecule has 1 unspecified atom stereocenters. The summed E-state index contributed by atoms with van der Waals surface area (Å²) in [5, 5.41) is 5.78. The maximum absolute atomic E-state index is 12.2. The SMILES string of the molecule is CC(C)CNc1nc(N)c(C(=O)NC(C)CC(F)(F)F)s1. The van der Waals surface area contributed by atoms with Crippen LogP contribution in [0.15, 0.2) is 0 Å². The van der Waals surface area contributed by atoms with Crippen molar-refractivity contribution in [1.29, 1.82) is 0 Å². The lowest BCUT2D eigenvalue weighted by molar-refractivity contribution is -0.138. The average Bonchev–Trinajstić information content (AvgIpc) is 2.65. The van der Waals surface area contributed by atoms with Crippen molar-refractivity contribution in [3.63, 3.8) is 0 Å². The molecule has 0 spiro atoms. The van der Waals surface area contributed by atoms with Crippen LogP contribution >= 0.6 is 11.3 Å². The molecule has 0 saturated carbocycles. The fourth-order valence-electron chi connectivity index (χ4n) is 1.55. The summed E-state index contributed by atoms with van der Waals surface area (Å²) in [5.74, 6) is -0.235. The Morgan fingerprint density at radius 2 is 2.00 bits per heavy atom. The molecule has 0 fully saturated rings. The van der Waals surface area contributed by atoms with E-state index in [1.165, 1.54) is 6.92 Å². The summed E-state index contributed by atoms with van der Waals surface area (Å²) in [6.45, 7) is 5.98. The van der Waals surface area contributed by atoms with E-state index in [-0.39, 0.29) is 10.7 Å². The van der Waals surface area contributed by atoms with Gasteiger partial charge in [0.1, 0.15) is 10.7 Å². The number of hydrogen-bond acceptors (Lipinski definition) is 5. The van der Waals surface area contributed by atoms with Gasteiger partial charge in [-0.2, -0.15) is 13.2 Å². The van der Waals surface area contributed by atoms with Crippen molar-refractivity contribution in [1.82, 2.24) is 10.3 Å². The number of nitrogens with zero attached hydrogens (tertiary/aromatic N) is 1. The summed E-state index contributed by atoms with van der Waals surface area (Å²) in [6.07, 6.45) is -5.41. The third-order valence-electron chi connectivity index (χ3n) is 2.44. The van der Waals surface area contributed by atoms with Crippen molar-refractivity contribution < 1.29 is 18.0 Å². The predicted molar refractivity (Wildman–Crippen MR) is 77.5 cm³/mol. The molecule has 5 nitrogen and oxygen atoms in total. The van der Waals surface area contributed by atoms with Gasteiger partial charge in [0.05, 0.1) is 6.42 Å². The monoisotopic (exact) mass is 324 g/mol. The van der Waals surface area contributed by atoms with E-state index in [0.717, 1.165) is 11.3 Å². The van der Waals surface area contributed by atoms with Crippen molar-refractivity contribution in [2.75, 3.05) is 17.6 Å². The summed E-state index contributed by atoms with van der Waals surface area (Å²) in [4.78, 5) is 16.0. The number of carbonyl (C=O) groups excluding carboxylic acids is 1. The largest absolute Gasteiger partial charge is 0.391 e. The molecule has 120 valence electrons. The van der Waals surface area contributed by atoms with Crippen LogP contribution in [0.3, 0.4) is 0 Å². The number of alkyl halides is 3. The normalized spacial score (nSPS) is 13.3. The molecular weight excluding hydrogens is 305 g/mol. The second-order valence-corrected chi connectivity index (χ2v) is 6.20. The van der Waals surface area contributed by atoms with Crippen molar-refractivity contribution in [2.45, 2.75) is 39.4 Å². The van der Waals surface area contributed by atoms with E-state index in [1.54, 1.807) is 0 Å². The van der Waals surface area contributed by atoms with Gasteiger partial charge in [-0.1, -0.05) is 25.2 Å². The molecule has 0 saturated heterocycles. The van der Waals surface area contributed by atoms with Gasteiger partial charge in [0.2, 0.25) is 0 Å². The Morgan fingerprint density at radius 1 is 1.38 bits per heavy atom. The predicted octanol–water partition coefficient (Wildman–Crippen LogP) is 2.86. The van der Waals surface area contributed by atoms with E-state index < -0.39 is 24.5 Å². The molecule has 9 heteroatoms. The Labute approximate surface area is 125 Å². The average molecular weight is 324 g/mol. The molecule has 0 aliphatic heterocycles. The first kappa shape index (κ1) is 17.5. The zero-order valence-electron chi connectivity index (χ0n) is 12.0. The van der Waals surface area contributed by atoms with Crippen LogP contribution < -0.4 is 16.4 Å². The quantitative estimate of drug-likeness (QED) is 0.752. The molecule has 0 radical (unpaired) electrons. The van der Waals surface area contributed by atoms with Gasteiger partial charge in [-0.25, -0.2) is 4.98 Å². The number of anilines is 2. The first-order valence-electron chi connectivity index (χ1n) is 6.46. The number of nitrogen functional groups attached to an aromatic ring is 1. The summed E-state index contributed by atoms with van der Waals surface area (Å²) in [6, 6.07) is -1.02. The van der Waals surface area contributed by atoms with Crippen LogP contribution in [0.1, 0.15) is 36.9 Å². The van der Waals surface area contributed by atoms with Gasteiger partial charge < -0.3 is 16.4 Å². The number of nitrogens with two attached hydrogens (primary N) is 1. The third kappa shape index (κ3) is 6.19. The summed E-state index contributed by atoms with van der Waals surface area (Å²) >= 11 is 1.03. The minimum atomic E-state index is -4.32. The van der Waals surface area contributed by atoms with Crippen LogP contribution in [-0.4, -0.2) is 29.7 Å². The molecule has 0 aromatic carbocycles. The highest BCUT2D eigenvalue weighted by atomic mass is 32.1. The molecule has 4 N–H and O–H groups in total. The second kappa shape index (κ2) is 6.97. The molecule has 1 amide bonds. The highest BCUT2D eigenvalue weighted by Crippen LogP contribution is 2.26. The van der Waals surface area contributed by atoms with Gasteiger partial charge in [-0.3, -0.25) is 4.79 Å². The first-order valence-corrected chi connectivity index (χ1v) is 7.28.